The molecule has 0 saturated heterocycles. The molecule has 6 rings (SSSR count). The molecule has 0 aliphatic heterocycles. The fourth-order valence-electron chi connectivity index (χ4n) is 6.79. The van der Waals surface area contributed by atoms with E-state index in [0.717, 1.165) is 11.3 Å². The summed E-state index contributed by atoms with van der Waals surface area (Å²) in [6, 6.07) is 0. The van der Waals surface area contributed by atoms with Crippen molar-refractivity contribution in [3.63, 3.8) is 0 Å². The number of rotatable bonds is 2. The average molecular weight is 160 g/mol. The number of hydrogen-bond donors (Lipinski definition) is 0. The van der Waals surface area contributed by atoms with Gasteiger partial charge in [0, 0.05) is 0 Å². The van der Waals surface area contributed by atoms with E-state index in [-0.39, 0.29) is 0 Å². The smallest absolute Gasteiger partial charge is 0.0193 e. The van der Waals surface area contributed by atoms with Gasteiger partial charge in [0.25, 0.3) is 0 Å². The zero-order valence-corrected chi connectivity index (χ0v) is 7.83. The fourth-order valence-corrected chi connectivity index (χ4v) is 6.79. The van der Waals surface area contributed by atoms with Crippen LogP contribution in [0, 0.1) is 52.8 Å². The SMILES string of the molecule is CC(C)CC12C3C4C5C3C1C5C42. The molecule has 6 aliphatic carbocycles. The summed E-state index contributed by atoms with van der Waals surface area (Å²) in [5.41, 5.74) is 0.989. The Labute approximate surface area is 73.7 Å². The second-order valence-corrected chi connectivity index (χ2v) is 6.60. The molecular formula is C12H16. The van der Waals surface area contributed by atoms with Crippen molar-refractivity contribution >= 4 is 0 Å². The van der Waals surface area contributed by atoms with Crippen LogP contribution in [-0.2, 0) is 0 Å². The second-order valence-electron chi connectivity index (χ2n) is 6.60. The standard InChI is InChI=1S/C12H16/c1-4(2)3-12-9-6-5-7(9)11(12)8(5)10(6)12/h4-11H,3H2,1-2H3. The fraction of sp³-hybridized carbons (Fsp3) is 1.00. The zero-order valence-electron chi connectivity index (χ0n) is 7.83. The van der Waals surface area contributed by atoms with Gasteiger partial charge in [0.1, 0.15) is 0 Å². The van der Waals surface area contributed by atoms with E-state index in [1.807, 2.05) is 0 Å². The van der Waals surface area contributed by atoms with Crippen LogP contribution in [0.5, 0.6) is 0 Å². The van der Waals surface area contributed by atoms with Gasteiger partial charge in [-0.2, -0.15) is 0 Å². The van der Waals surface area contributed by atoms with Crippen LogP contribution in [0.1, 0.15) is 20.3 Å². The zero-order chi connectivity index (χ0) is 7.83. The average Bonchev–Trinajstić information content (AvgIpc) is 2.04. The van der Waals surface area contributed by atoms with Crippen molar-refractivity contribution in [2.45, 2.75) is 20.3 Å². The number of hydrogen-bond acceptors (Lipinski definition) is 0. The van der Waals surface area contributed by atoms with Gasteiger partial charge in [-0.3, -0.25) is 0 Å². The summed E-state index contributed by atoms with van der Waals surface area (Å²) >= 11 is 0. The highest BCUT2D eigenvalue weighted by Crippen LogP contribution is 3.06. The third kappa shape index (κ3) is 0.233. The van der Waals surface area contributed by atoms with Crippen LogP contribution < -0.4 is 0 Å². The summed E-state index contributed by atoms with van der Waals surface area (Å²) in [4.78, 5) is 0. The van der Waals surface area contributed by atoms with Crippen molar-refractivity contribution in [1.29, 1.82) is 0 Å². The molecule has 0 heterocycles. The van der Waals surface area contributed by atoms with E-state index in [4.69, 9.17) is 0 Å². The lowest BCUT2D eigenvalue weighted by Gasteiger charge is -3.08. The molecule has 0 aromatic rings. The molecule has 0 unspecified atom stereocenters. The summed E-state index contributed by atoms with van der Waals surface area (Å²) < 4.78 is 0. The highest BCUT2D eigenvalue weighted by atomic mass is 15.1. The van der Waals surface area contributed by atoms with Crippen molar-refractivity contribution in [3.05, 3.63) is 0 Å². The Balaban J connectivity index is 1.56. The molecule has 0 radical (unpaired) electrons. The van der Waals surface area contributed by atoms with Crippen molar-refractivity contribution < 1.29 is 0 Å². The van der Waals surface area contributed by atoms with Crippen LogP contribution in [0.25, 0.3) is 0 Å². The lowest BCUT2D eigenvalue weighted by molar-refractivity contribution is -0.617. The maximum Gasteiger partial charge on any atom is -0.0193 e. The Morgan fingerprint density at radius 2 is 1.42 bits per heavy atom. The molecule has 0 amide bonds. The van der Waals surface area contributed by atoms with Crippen LogP contribution in [-0.4, -0.2) is 0 Å². The Morgan fingerprint density at radius 3 is 1.83 bits per heavy atom. The molecule has 0 heteroatoms. The summed E-state index contributed by atoms with van der Waals surface area (Å²) in [6.07, 6.45) is 1.59. The monoisotopic (exact) mass is 160 g/mol. The molecule has 0 aromatic heterocycles. The van der Waals surface area contributed by atoms with E-state index in [1.54, 1.807) is 6.42 Å². The Hall–Kier alpha value is 0. The lowest BCUT2D eigenvalue weighted by Crippen LogP contribution is -3.05. The van der Waals surface area contributed by atoms with Crippen LogP contribution >= 0.6 is 0 Å². The molecule has 0 nitrogen and oxygen atoms in total. The van der Waals surface area contributed by atoms with E-state index in [9.17, 15) is 0 Å². The molecule has 64 valence electrons. The van der Waals surface area contributed by atoms with Gasteiger partial charge >= 0.3 is 0 Å². The van der Waals surface area contributed by atoms with E-state index >= 15 is 0 Å². The van der Waals surface area contributed by atoms with Gasteiger partial charge in [-0.05, 0) is 59.2 Å². The summed E-state index contributed by atoms with van der Waals surface area (Å²) in [7, 11) is 0. The third-order valence-corrected chi connectivity index (χ3v) is 6.44. The molecule has 0 spiro atoms. The van der Waals surface area contributed by atoms with Gasteiger partial charge in [-0.15, -0.1) is 0 Å². The summed E-state index contributed by atoms with van der Waals surface area (Å²) in [5, 5.41) is 0. The predicted octanol–water partition coefficient (Wildman–Crippen LogP) is 2.40. The Morgan fingerprint density at radius 1 is 0.917 bits per heavy atom. The second kappa shape index (κ2) is 1.14. The predicted molar refractivity (Wildman–Crippen MR) is 46.3 cm³/mol. The van der Waals surface area contributed by atoms with Crippen molar-refractivity contribution in [1.82, 2.24) is 0 Å². The quantitative estimate of drug-likeness (QED) is 0.582. The minimum absolute atomic E-state index is 0.968. The maximum atomic E-state index is 2.42. The van der Waals surface area contributed by atoms with Crippen LogP contribution in [0.15, 0.2) is 0 Å². The van der Waals surface area contributed by atoms with Gasteiger partial charge in [0.2, 0.25) is 0 Å². The van der Waals surface area contributed by atoms with Crippen LogP contribution in [0.4, 0.5) is 0 Å². The topological polar surface area (TPSA) is 0 Å². The van der Waals surface area contributed by atoms with Crippen molar-refractivity contribution in [2.24, 2.45) is 52.8 Å². The van der Waals surface area contributed by atoms with Gasteiger partial charge in [0.05, 0.1) is 0 Å². The molecular weight excluding hydrogens is 144 g/mol. The largest absolute Gasteiger partial charge is 0.0628 e. The first-order valence-corrected chi connectivity index (χ1v) is 5.78. The molecule has 0 atom stereocenters. The molecule has 6 fully saturated rings. The van der Waals surface area contributed by atoms with Gasteiger partial charge < -0.3 is 0 Å². The van der Waals surface area contributed by atoms with Crippen molar-refractivity contribution in [2.75, 3.05) is 0 Å². The molecule has 0 bridgehead atoms. The first-order chi connectivity index (χ1) is 5.78. The molecule has 0 N–H and O–H groups in total. The lowest BCUT2D eigenvalue weighted by atomic mass is 8.96. The van der Waals surface area contributed by atoms with Crippen LogP contribution in [0.2, 0.25) is 0 Å². The van der Waals surface area contributed by atoms with E-state index in [2.05, 4.69) is 13.8 Å². The highest BCUT2D eigenvalue weighted by molar-refractivity contribution is 5.49. The molecule has 12 heavy (non-hydrogen) atoms. The Bertz CT molecular complexity index is 250. The van der Waals surface area contributed by atoms with Gasteiger partial charge in [0.15, 0.2) is 0 Å². The Kier molecular flexibility index (Phi) is 0.541. The van der Waals surface area contributed by atoms with E-state index < -0.39 is 0 Å². The first-order valence-electron chi connectivity index (χ1n) is 5.78. The third-order valence-electron chi connectivity index (χ3n) is 6.44. The first kappa shape index (κ1) is 5.67. The van der Waals surface area contributed by atoms with Crippen LogP contribution in [0.3, 0.4) is 0 Å². The minimum atomic E-state index is 0.968. The summed E-state index contributed by atoms with van der Waals surface area (Å²) in [6.45, 7) is 4.84. The highest BCUT2D eigenvalue weighted by Gasteiger charge is 3.03. The van der Waals surface area contributed by atoms with Gasteiger partial charge in [-0.25, -0.2) is 0 Å². The van der Waals surface area contributed by atoms with Crippen molar-refractivity contribution in [3.8, 4) is 0 Å². The summed E-state index contributed by atoms with van der Waals surface area (Å²) in [5.74, 6) is 10.0. The molecule has 6 saturated carbocycles. The minimum Gasteiger partial charge on any atom is -0.0628 e. The molecule has 0 aromatic carbocycles. The van der Waals surface area contributed by atoms with E-state index in [1.165, 1.54) is 41.4 Å². The van der Waals surface area contributed by atoms with Gasteiger partial charge in [-0.1, -0.05) is 13.8 Å². The molecule has 6 aliphatic rings. The maximum absolute atomic E-state index is 2.42. The normalized spacial score (nSPS) is 82.8. The van der Waals surface area contributed by atoms with E-state index in [0.29, 0.717) is 0 Å².